The molecule has 6 heteroatoms. The summed E-state index contributed by atoms with van der Waals surface area (Å²) in [5.74, 6) is 0.283. The number of nitrogens with one attached hydrogen (secondary N) is 2. The Bertz CT molecular complexity index is 416. The smallest absolute Gasteiger partial charge is 0.311 e. The zero-order valence-corrected chi connectivity index (χ0v) is 9.60. The van der Waals surface area contributed by atoms with Gasteiger partial charge >= 0.3 is 5.69 Å². The van der Waals surface area contributed by atoms with Gasteiger partial charge in [-0.3, -0.25) is 10.1 Å². The quantitative estimate of drug-likeness (QED) is 0.611. The van der Waals surface area contributed by atoms with E-state index in [2.05, 4.69) is 10.6 Å². The van der Waals surface area contributed by atoms with Crippen molar-refractivity contribution in [1.82, 2.24) is 5.32 Å². The lowest BCUT2D eigenvalue weighted by Crippen LogP contribution is -2.22. The van der Waals surface area contributed by atoms with Crippen LogP contribution in [0.3, 0.4) is 0 Å². The summed E-state index contributed by atoms with van der Waals surface area (Å²) in [6.45, 7) is 1.92. The third kappa shape index (κ3) is 2.65. The van der Waals surface area contributed by atoms with Gasteiger partial charge in [0.2, 0.25) is 0 Å². The average Bonchev–Trinajstić information content (AvgIpc) is 2.81. The molecular formula is C11H15N3O3. The predicted octanol–water partition coefficient (Wildman–Crippen LogP) is 1.38. The van der Waals surface area contributed by atoms with E-state index in [0.29, 0.717) is 6.04 Å². The Morgan fingerprint density at radius 1 is 1.59 bits per heavy atom. The maximum absolute atomic E-state index is 10.7. The molecule has 1 heterocycles. The maximum Gasteiger partial charge on any atom is 0.311 e. The van der Waals surface area contributed by atoms with E-state index in [1.165, 1.54) is 13.2 Å². The van der Waals surface area contributed by atoms with Crippen LogP contribution in [0.5, 0.6) is 5.75 Å². The van der Waals surface area contributed by atoms with Gasteiger partial charge in [-0.1, -0.05) is 0 Å². The summed E-state index contributed by atoms with van der Waals surface area (Å²) in [7, 11) is 1.43. The van der Waals surface area contributed by atoms with Gasteiger partial charge in [0, 0.05) is 30.4 Å². The number of methoxy groups -OCH3 is 1. The van der Waals surface area contributed by atoms with Crippen molar-refractivity contribution in [3.63, 3.8) is 0 Å². The topological polar surface area (TPSA) is 76.4 Å². The first-order valence-corrected chi connectivity index (χ1v) is 5.50. The highest BCUT2D eigenvalue weighted by molar-refractivity contribution is 5.58. The molecule has 1 saturated heterocycles. The molecule has 1 atom stereocenters. The van der Waals surface area contributed by atoms with Crippen LogP contribution in [0.4, 0.5) is 11.4 Å². The van der Waals surface area contributed by atoms with Crippen molar-refractivity contribution in [2.75, 3.05) is 25.5 Å². The first-order valence-electron chi connectivity index (χ1n) is 5.50. The van der Waals surface area contributed by atoms with E-state index < -0.39 is 4.92 Å². The SMILES string of the molecule is COc1cc(N[C@H]2CCNC2)ccc1[N+](=O)[O-]. The number of anilines is 1. The Labute approximate surface area is 99.1 Å². The van der Waals surface area contributed by atoms with Crippen LogP contribution >= 0.6 is 0 Å². The fraction of sp³-hybridized carbons (Fsp3) is 0.455. The van der Waals surface area contributed by atoms with Crippen molar-refractivity contribution in [3.05, 3.63) is 28.3 Å². The van der Waals surface area contributed by atoms with Crippen molar-refractivity contribution >= 4 is 11.4 Å². The third-order valence-corrected chi connectivity index (χ3v) is 2.81. The van der Waals surface area contributed by atoms with Gasteiger partial charge in [-0.05, 0) is 19.0 Å². The van der Waals surface area contributed by atoms with E-state index in [1.54, 1.807) is 12.1 Å². The lowest BCUT2D eigenvalue weighted by atomic mass is 10.2. The fourth-order valence-electron chi connectivity index (χ4n) is 1.93. The molecule has 1 aromatic carbocycles. The van der Waals surface area contributed by atoms with Gasteiger partial charge < -0.3 is 15.4 Å². The lowest BCUT2D eigenvalue weighted by molar-refractivity contribution is -0.385. The molecule has 92 valence electrons. The van der Waals surface area contributed by atoms with Crippen LogP contribution in [0.1, 0.15) is 6.42 Å². The Morgan fingerprint density at radius 2 is 2.41 bits per heavy atom. The fourth-order valence-corrected chi connectivity index (χ4v) is 1.93. The summed E-state index contributed by atoms with van der Waals surface area (Å²) in [5.41, 5.74) is 0.837. The lowest BCUT2D eigenvalue weighted by Gasteiger charge is -2.13. The molecule has 0 radical (unpaired) electrons. The zero-order chi connectivity index (χ0) is 12.3. The van der Waals surface area contributed by atoms with Crippen molar-refractivity contribution in [3.8, 4) is 5.75 Å². The summed E-state index contributed by atoms with van der Waals surface area (Å²) < 4.78 is 5.01. The first-order chi connectivity index (χ1) is 8.20. The number of hydrogen-bond acceptors (Lipinski definition) is 5. The molecule has 2 N–H and O–H groups in total. The molecular weight excluding hydrogens is 222 g/mol. The zero-order valence-electron chi connectivity index (χ0n) is 9.60. The normalized spacial score (nSPS) is 19.0. The highest BCUT2D eigenvalue weighted by Gasteiger charge is 2.17. The van der Waals surface area contributed by atoms with Gasteiger partial charge in [0.15, 0.2) is 5.75 Å². The standard InChI is InChI=1S/C11H15N3O3/c1-17-11-6-8(2-3-10(11)14(15)16)13-9-4-5-12-7-9/h2-3,6,9,12-13H,4-5,7H2,1H3/t9-/m0/s1. The number of rotatable bonds is 4. The van der Waals surface area contributed by atoms with E-state index in [0.717, 1.165) is 25.2 Å². The molecule has 1 aromatic rings. The minimum Gasteiger partial charge on any atom is -0.490 e. The maximum atomic E-state index is 10.7. The van der Waals surface area contributed by atoms with E-state index in [9.17, 15) is 10.1 Å². The summed E-state index contributed by atoms with van der Waals surface area (Å²) in [4.78, 5) is 10.3. The molecule has 1 aliphatic heterocycles. The second kappa shape index (κ2) is 5.01. The highest BCUT2D eigenvalue weighted by Crippen LogP contribution is 2.30. The molecule has 0 spiro atoms. The average molecular weight is 237 g/mol. The van der Waals surface area contributed by atoms with Crippen molar-refractivity contribution in [2.45, 2.75) is 12.5 Å². The highest BCUT2D eigenvalue weighted by atomic mass is 16.6. The van der Waals surface area contributed by atoms with E-state index in [1.807, 2.05) is 0 Å². The van der Waals surface area contributed by atoms with Crippen molar-refractivity contribution < 1.29 is 9.66 Å². The molecule has 2 rings (SSSR count). The number of benzene rings is 1. The molecule has 17 heavy (non-hydrogen) atoms. The van der Waals surface area contributed by atoms with Crippen LogP contribution in [-0.4, -0.2) is 31.2 Å². The van der Waals surface area contributed by atoms with Crippen LogP contribution in [0.2, 0.25) is 0 Å². The van der Waals surface area contributed by atoms with Crippen LogP contribution in [0.25, 0.3) is 0 Å². The molecule has 0 unspecified atom stereocenters. The van der Waals surface area contributed by atoms with Gasteiger partial charge in [-0.15, -0.1) is 0 Å². The first kappa shape index (κ1) is 11.7. The van der Waals surface area contributed by atoms with Gasteiger partial charge in [0.05, 0.1) is 12.0 Å². The minimum atomic E-state index is -0.445. The molecule has 0 bridgehead atoms. The molecule has 0 aromatic heterocycles. The van der Waals surface area contributed by atoms with Gasteiger partial charge in [0.25, 0.3) is 0 Å². The van der Waals surface area contributed by atoms with E-state index in [4.69, 9.17) is 4.74 Å². The number of ether oxygens (including phenoxy) is 1. The Morgan fingerprint density at radius 3 is 3.00 bits per heavy atom. The van der Waals surface area contributed by atoms with Gasteiger partial charge in [-0.2, -0.15) is 0 Å². The van der Waals surface area contributed by atoms with E-state index >= 15 is 0 Å². The Hall–Kier alpha value is -1.82. The second-order valence-corrected chi connectivity index (χ2v) is 3.98. The molecule has 6 nitrogen and oxygen atoms in total. The van der Waals surface area contributed by atoms with Crippen molar-refractivity contribution in [1.29, 1.82) is 0 Å². The summed E-state index contributed by atoms with van der Waals surface area (Å²) in [6, 6.07) is 5.21. The minimum absolute atomic E-state index is 0.0115. The van der Waals surface area contributed by atoms with Gasteiger partial charge in [0.1, 0.15) is 0 Å². The molecule has 0 aliphatic carbocycles. The second-order valence-electron chi connectivity index (χ2n) is 3.98. The van der Waals surface area contributed by atoms with Crippen LogP contribution in [0, 0.1) is 10.1 Å². The molecule has 1 fully saturated rings. The Kier molecular flexibility index (Phi) is 3.43. The number of nitrogens with zero attached hydrogens (tertiary/aromatic N) is 1. The molecule has 0 saturated carbocycles. The third-order valence-electron chi connectivity index (χ3n) is 2.81. The van der Waals surface area contributed by atoms with Crippen molar-refractivity contribution in [2.24, 2.45) is 0 Å². The van der Waals surface area contributed by atoms with Crippen LogP contribution < -0.4 is 15.4 Å². The number of nitro groups is 1. The number of hydrogen-bond donors (Lipinski definition) is 2. The van der Waals surface area contributed by atoms with Crippen LogP contribution in [0.15, 0.2) is 18.2 Å². The number of nitro benzene ring substituents is 1. The monoisotopic (exact) mass is 237 g/mol. The molecule has 1 aliphatic rings. The predicted molar refractivity (Wildman–Crippen MR) is 64.5 cm³/mol. The summed E-state index contributed by atoms with van der Waals surface area (Å²) in [6.07, 6.45) is 1.05. The largest absolute Gasteiger partial charge is 0.490 e. The Balaban J connectivity index is 2.15. The summed E-state index contributed by atoms with van der Waals surface area (Å²) >= 11 is 0. The summed E-state index contributed by atoms with van der Waals surface area (Å²) in [5, 5.41) is 17.3. The molecule has 0 amide bonds. The van der Waals surface area contributed by atoms with Gasteiger partial charge in [-0.25, -0.2) is 0 Å². The van der Waals surface area contributed by atoms with Crippen LogP contribution in [-0.2, 0) is 0 Å². The van der Waals surface area contributed by atoms with E-state index in [-0.39, 0.29) is 11.4 Å².